The van der Waals surface area contributed by atoms with E-state index in [-0.39, 0.29) is 11.1 Å². The highest BCUT2D eigenvalue weighted by atomic mass is 28.4. The topological polar surface area (TPSA) is 55.5 Å². The molecule has 3 nitrogen and oxygen atoms in total. The van der Waals surface area contributed by atoms with Crippen molar-refractivity contribution in [3.8, 4) is 0 Å². The summed E-state index contributed by atoms with van der Waals surface area (Å²) < 4.78 is 6.16. The molecule has 2 atom stereocenters. The Bertz CT molecular complexity index is 404. The third-order valence-corrected chi connectivity index (χ3v) is 11.0. The summed E-state index contributed by atoms with van der Waals surface area (Å²) in [5.41, 5.74) is 6.14. The van der Waals surface area contributed by atoms with Crippen molar-refractivity contribution >= 4 is 8.32 Å². The first kappa shape index (κ1) is 28.8. The second-order valence-electron chi connectivity index (χ2n) is 10.3. The first-order valence-corrected chi connectivity index (χ1v) is 15.3. The van der Waals surface area contributed by atoms with Crippen LogP contribution >= 0.6 is 0 Å². The number of hydrogen-bond acceptors (Lipinski definition) is 3. The van der Waals surface area contributed by atoms with Crippen molar-refractivity contribution in [2.24, 2.45) is 5.73 Å². The lowest BCUT2D eigenvalue weighted by molar-refractivity contribution is 0.168. The molecule has 0 saturated carbocycles. The van der Waals surface area contributed by atoms with Gasteiger partial charge in [0.1, 0.15) is 0 Å². The molecule has 0 rings (SSSR count). The standard InChI is InChI=1S/C25H53NO2Si/c1-7-8-9-10-11-12-13-14-15-16-17-18-19-20-24(27)23(26)21-22-28-29(5,6)25(2,3)4/h19-20,23-24,27H,7-18,21-22,26H2,1-6H3/b20-19+/t23-,24+/m0/s1. The molecule has 0 heterocycles. The summed E-state index contributed by atoms with van der Waals surface area (Å²) >= 11 is 0. The number of nitrogens with two attached hydrogens (primary N) is 1. The summed E-state index contributed by atoms with van der Waals surface area (Å²) in [6, 6.07) is -0.242. The molecule has 29 heavy (non-hydrogen) atoms. The van der Waals surface area contributed by atoms with Crippen molar-refractivity contribution in [1.29, 1.82) is 0 Å². The van der Waals surface area contributed by atoms with Gasteiger partial charge in [-0.3, -0.25) is 0 Å². The van der Waals surface area contributed by atoms with E-state index in [1.165, 1.54) is 70.6 Å². The largest absolute Gasteiger partial charge is 0.417 e. The van der Waals surface area contributed by atoms with Crippen LogP contribution < -0.4 is 5.73 Å². The second kappa shape index (κ2) is 16.5. The van der Waals surface area contributed by atoms with Crippen LogP contribution in [0.4, 0.5) is 0 Å². The number of aliphatic hydroxyl groups is 1. The minimum Gasteiger partial charge on any atom is -0.417 e. The smallest absolute Gasteiger partial charge is 0.191 e. The number of allylic oxidation sites excluding steroid dienone is 1. The highest BCUT2D eigenvalue weighted by molar-refractivity contribution is 6.74. The molecule has 174 valence electrons. The van der Waals surface area contributed by atoms with Crippen LogP contribution in [0.1, 0.15) is 111 Å². The summed E-state index contributed by atoms with van der Waals surface area (Å²) in [4.78, 5) is 0. The minimum absolute atomic E-state index is 0.213. The van der Waals surface area contributed by atoms with E-state index in [2.05, 4.69) is 46.9 Å². The molecule has 0 aliphatic rings. The summed E-state index contributed by atoms with van der Waals surface area (Å²) in [7, 11) is -1.72. The lowest BCUT2D eigenvalue weighted by Gasteiger charge is -2.36. The molecule has 0 aromatic rings. The van der Waals surface area contributed by atoms with Crippen LogP contribution in [0.25, 0.3) is 0 Å². The molecular weight excluding hydrogens is 374 g/mol. The van der Waals surface area contributed by atoms with Gasteiger partial charge in [-0.15, -0.1) is 0 Å². The molecule has 0 aliphatic carbocycles. The van der Waals surface area contributed by atoms with Gasteiger partial charge >= 0.3 is 0 Å². The third kappa shape index (κ3) is 15.3. The van der Waals surface area contributed by atoms with Crippen LogP contribution in [-0.4, -0.2) is 32.2 Å². The van der Waals surface area contributed by atoms with E-state index in [0.717, 1.165) is 6.42 Å². The van der Waals surface area contributed by atoms with Gasteiger partial charge < -0.3 is 15.3 Å². The van der Waals surface area contributed by atoms with Crippen molar-refractivity contribution in [3.63, 3.8) is 0 Å². The third-order valence-electron chi connectivity index (χ3n) is 6.47. The maximum atomic E-state index is 10.2. The van der Waals surface area contributed by atoms with Crippen LogP contribution in [0.2, 0.25) is 18.1 Å². The van der Waals surface area contributed by atoms with Crippen LogP contribution in [0.5, 0.6) is 0 Å². The Morgan fingerprint density at radius 1 is 0.897 bits per heavy atom. The van der Waals surface area contributed by atoms with Crippen LogP contribution in [0.3, 0.4) is 0 Å². The molecule has 0 aliphatic heterocycles. The second-order valence-corrected chi connectivity index (χ2v) is 15.1. The molecule has 4 heteroatoms. The quantitative estimate of drug-likeness (QED) is 0.137. The summed E-state index contributed by atoms with van der Waals surface area (Å²) in [6.45, 7) is 14.1. The molecule has 0 saturated heterocycles. The molecule has 0 radical (unpaired) electrons. The number of hydrogen-bond donors (Lipinski definition) is 2. The fourth-order valence-corrected chi connectivity index (χ4v) is 4.20. The highest BCUT2D eigenvalue weighted by Gasteiger charge is 2.37. The zero-order valence-corrected chi connectivity index (χ0v) is 21.6. The van der Waals surface area contributed by atoms with Crippen molar-refractivity contribution < 1.29 is 9.53 Å². The molecule has 0 spiro atoms. The first-order valence-electron chi connectivity index (χ1n) is 12.4. The van der Waals surface area contributed by atoms with Gasteiger partial charge in [-0.25, -0.2) is 0 Å². The molecule has 0 fully saturated rings. The van der Waals surface area contributed by atoms with Gasteiger partial charge in [-0.2, -0.15) is 0 Å². The zero-order chi connectivity index (χ0) is 22.2. The van der Waals surface area contributed by atoms with Gasteiger partial charge in [0.25, 0.3) is 0 Å². The zero-order valence-electron chi connectivity index (χ0n) is 20.6. The van der Waals surface area contributed by atoms with Gasteiger partial charge in [-0.1, -0.05) is 104 Å². The van der Waals surface area contributed by atoms with Crippen molar-refractivity contribution in [1.82, 2.24) is 0 Å². The monoisotopic (exact) mass is 427 g/mol. The first-order chi connectivity index (χ1) is 13.6. The van der Waals surface area contributed by atoms with Crippen molar-refractivity contribution in [2.45, 2.75) is 141 Å². The predicted octanol–water partition coefficient (Wildman–Crippen LogP) is 7.34. The van der Waals surface area contributed by atoms with Crippen LogP contribution in [0, 0.1) is 0 Å². The lowest BCUT2D eigenvalue weighted by Crippen LogP contribution is -2.42. The molecule has 0 aromatic carbocycles. The number of unbranched alkanes of at least 4 members (excludes halogenated alkanes) is 11. The molecule has 0 aromatic heterocycles. The Balaban J connectivity index is 3.66. The van der Waals surface area contributed by atoms with Crippen LogP contribution in [0.15, 0.2) is 12.2 Å². The molecule has 3 N–H and O–H groups in total. The van der Waals surface area contributed by atoms with E-state index in [4.69, 9.17) is 10.2 Å². The summed E-state index contributed by atoms with van der Waals surface area (Å²) in [5, 5.41) is 10.4. The Labute approximate surface area is 184 Å². The highest BCUT2D eigenvalue weighted by Crippen LogP contribution is 2.36. The van der Waals surface area contributed by atoms with E-state index in [0.29, 0.717) is 13.0 Å². The molecule has 0 bridgehead atoms. The summed E-state index contributed by atoms with van der Waals surface area (Å²) in [6.07, 6.45) is 20.2. The summed E-state index contributed by atoms with van der Waals surface area (Å²) in [5.74, 6) is 0. The van der Waals surface area contributed by atoms with Gasteiger partial charge in [0.2, 0.25) is 0 Å². The minimum atomic E-state index is -1.72. The molecule has 0 amide bonds. The maximum Gasteiger partial charge on any atom is 0.191 e. The fraction of sp³-hybridized carbons (Fsp3) is 0.920. The fourth-order valence-electron chi connectivity index (χ4n) is 3.14. The molecular formula is C25H53NO2Si. The lowest BCUT2D eigenvalue weighted by atomic mass is 10.0. The van der Waals surface area contributed by atoms with Gasteiger partial charge in [0, 0.05) is 12.6 Å². The number of aliphatic hydroxyl groups excluding tert-OH is 1. The van der Waals surface area contributed by atoms with Gasteiger partial charge in [0.05, 0.1) is 6.10 Å². The van der Waals surface area contributed by atoms with Crippen molar-refractivity contribution in [2.75, 3.05) is 6.61 Å². The molecule has 0 unspecified atom stereocenters. The maximum absolute atomic E-state index is 10.2. The van der Waals surface area contributed by atoms with Crippen LogP contribution in [-0.2, 0) is 4.43 Å². The van der Waals surface area contributed by atoms with E-state index < -0.39 is 14.4 Å². The van der Waals surface area contributed by atoms with E-state index in [9.17, 15) is 5.11 Å². The average molecular weight is 428 g/mol. The SMILES string of the molecule is CCCCCCCCCCCCC/C=C/[C@@H](O)[C@@H](N)CCO[Si](C)(C)C(C)(C)C. The normalized spacial score (nSPS) is 15.2. The Hall–Kier alpha value is -0.163. The van der Waals surface area contributed by atoms with Crippen molar-refractivity contribution in [3.05, 3.63) is 12.2 Å². The predicted molar refractivity (Wildman–Crippen MR) is 132 cm³/mol. The Morgan fingerprint density at radius 2 is 1.38 bits per heavy atom. The van der Waals surface area contributed by atoms with E-state index in [1.807, 2.05) is 6.08 Å². The Morgan fingerprint density at radius 3 is 1.86 bits per heavy atom. The van der Waals surface area contributed by atoms with E-state index in [1.54, 1.807) is 0 Å². The van der Waals surface area contributed by atoms with Gasteiger partial charge in [-0.05, 0) is 37.4 Å². The average Bonchev–Trinajstić information content (AvgIpc) is 2.64. The Kier molecular flexibility index (Phi) is 16.4. The van der Waals surface area contributed by atoms with E-state index >= 15 is 0 Å². The van der Waals surface area contributed by atoms with Gasteiger partial charge in [0.15, 0.2) is 8.32 Å². The number of rotatable bonds is 18.